The number of hydrogen-bond acceptors (Lipinski definition) is 3. The molecule has 1 rings (SSSR count). The molecule has 0 aromatic carbocycles. The van der Waals surface area contributed by atoms with Crippen molar-refractivity contribution in [3.8, 4) is 0 Å². The van der Waals surface area contributed by atoms with Crippen LogP contribution >= 0.6 is 0 Å². The van der Waals surface area contributed by atoms with Crippen LogP contribution < -0.4 is 5.73 Å². The molecule has 0 saturated heterocycles. The highest BCUT2D eigenvalue weighted by atomic mass is 14.9. The van der Waals surface area contributed by atoms with Crippen molar-refractivity contribution in [3.05, 3.63) is 18.2 Å². The van der Waals surface area contributed by atoms with E-state index in [1.165, 1.54) is 0 Å². The van der Waals surface area contributed by atoms with Crippen molar-refractivity contribution in [1.82, 2.24) is 9.97 Å². The first kappa shape index (κ1) is 8.97. The molecule has 1 heterocycles. The summed E-state index contributed by atoms with van der Waals surface area (Å²) in [7, 11) is 0. The van der Waals surface area contributed by atoms with Crippen molar-refractivity contribution in [3.63, 3.8) is 0 Å². The Hall–Kier alpha value is -1.12. The molecular weight excluding hydrogens is 150 g/mol. The maximum absolute atomic E-state index is 5.73. The smallest absolute Gasteiger partial charge is 0.115 e. The molecule has 3 nitrogen and oxygen atoms in total. The van der Waals surface area contributed by atoms with Gasteiger partial charge in [-0.2, -0.15) is 0 Å². The lowest BCUT2D eigenvalue weighted by molar-refractivity contribution is 0.647. The summed E-state index contributed by atoms with van der Waals surface area (Å²) in [6.45, 7) is 4.30. The minimum Gasteiger partial charge on any atom is -0.396 e. The van der Waals surface area contributed by atoms with Crippen LogP contribution in [0, 0.1) is 0 Å². The first-order chi connectivity index (χ1) is 5.75. The van der Waals surface area contributed by atoms with E-state index in [9.17, 15) is 0 Å². The largest absolute Gasteiger partial charge is 0.396 e. The molecule has 0 fully saturated rings. The van der Waals surface area contributed by atoms with E-state index in [4.69, 9.17) is 5.73 Å². The van der Waals surface area contributed by atoms with Crippen molar-refractivity contribution in [2.75, 3.05) is 5.73 Å². The van der Waals surface area contributed by atoms with Crippen molar-refractivity contribution in [1.29, 1.82) is 0 Å². The zero-order valence-electron chi connectivity index (χ0n) is 7.62. The lowest BCUT2D eigenvalue weighted by Crippen LogP contribution is -2.02. The third-order valence-corrected chi connectivity index (χ3v) is 1.96. The second kappa shape index (κ2) is 4.04. The van der Waals surface area contributed by atoms with Gasteiger partial charge in [0.05, 0.1) is 17.6 Å². The van der Waals surface area contributed by atoms with E-state index in [0.29, 0.717) is 11.6 Å². The fourth-order valence-corrected chi connectivity index (χ4v) is 1.33. The zero-order valence-corrected chi connectivity index (χ0v) is 7.62. The molecule has 66 valence electrons. The minimum atomic E-state index is 0.443. The molecule has 0 radical (unpaired) electrons. The van der Waals surface area contributed by atoms with E-state index < -0.39 is 0 Å². The Morgan fingerprint density at radius 2 is 2.33 bits per heavy atom. The van der Waals surface area contributed by atoms with Crippen LogP contribution in [-0.2, 0) is 0 Å². The summed E-state index contributed by atoms with van der Waals surface area (Å²) in [5.41, 5.74) is 7.41. The van der Waals surface area contributed by atoms with Gasteiger partial charge in [0.15, 0.2) is 0 Å². The van der Waals surface area contributed by atoms with Gasteiger partial charge in [-0.3, -0.25) is 0 Å². The van der Waals surface area contributed by atoms with Crippen LogP contribution in [0.3, 0.4) is 0 Å². The molecular formula is C9H15N3. The second-order valence-corrected chi connectivity index (χ2v) is 3.05. The average Bonchev–Trinajstić information content (AvgIpc) is 2.05. The molecule has 12 heavy (non-hydrogen) atoms. The summed E-state index contributed by atoms with van der Waals surface area (Å²) >= 11 is 0. The van der Waals surface area contributed by atoms with Crippen molar-refractivity contribution < 1.29 is 0 Å². The van der Waals surface area contributed by atoms with Gasteiger partial charge in [-0.25, -0.2) is 9.97 Å². The summed E-state index contributed by atoms with van der Waals surface area (Å²) in [6.07, 6.45) is 5.50. The molecule has 3 heteroatoms. The Bertz CT molecular complexity index is 247. The number of nitrogens with zero attached hydrogens (tertiary/aromatic N) is 2. The average molecular weight is 165 g/mol. The SMILES string of the molecule is CCCC(C)c1ncncc1N. The van der Waals surface area contributed by atoms with Crippen LogP contribution in [0.5, 0.6) is 0 Å². The zero-order chi connectivity index (χ0) is 8.97. The summed E-state index contributed by atoms with van der Waals surface area (Å²) < 4.78 is 0. The van der Waals surface area contributed by atoms with Gasteiger partial charge in [-0.15, -0.1) is 0 Å². The fraction of sp³-hybridized carbons (Fsp3) is 0.556. The highest BCUT2D eigenvalue weighted by Gasteiger charge is 2.08. The molecule has 1 aromatic rings. The van der Waals surface area contributed by atoms with Gasteiger partial charge in [0, 0.05) is 5.92 Å². The van der Waals surface area contributed by atoms with Crippen LogP contribution in [0.15, 0.2) is 12.5 Å². The van der Waals surface area contributed by atoms with Gasteiger partial charge in [0.25, 0.3) is 0 Å². The second-order valence-electron chi connectivity index (χ2n) is 3.05. The highest BCUT2D eigenvalue weighted by molar-refractivity contribution is 5.41. The number of anilines is 1. The van der Waals surface area contributed by atoms with Crippen molar-refractivity contribution in [2.24, 2.45) is 0 Å². The lowest BCUT2D eigenvalue weighted by atomic mass is 10.0. The van der Waals surface area contributed by atoms with E-state index in [2.05, 4.69) is 23.8 Å². The molecule has 0 aliphatic carbocycles. The van der Waals surface area contributed by atoms with Crippen LogP contribution in [0.2, 0.25) is 0 Å². The van der Waals surface area contributed by atoms with Crippen molar-refractivity contribution >= 4 is 5.69 Å². The third-order valence-electron chi connectivity index (χ3n) is 1.96. The highest BCUT2D eigenvalue weighted by Crippen LogP contribution is 2.22. The Kier molecular flexibility index (Phi) is 3.02. The minimum absolute atomic E-state index is 0.443. The van der Waals surface area contributed by atoms with Crippen LogP contribution in [0.25, 0.3) is 0 Å². The Morgan fingerprint density at radius 3 is 2.92 bits per heavy atom. The van der Waals surface area contributed by atoms with Gasteiger partial charge >= 0.3 is 0 Å². The molecule has 0 amide bonds. The number of aromatic nitrogens is 2. The quantitative estimate of drug-likeness (QED) is 0.744. The first-order valence-corrected chi connectivity index (χ1v) is 4.31. The number of hydrogen-bond donors (Lipinski definition) is 1. The fourth-order valence-electron chi connectivity index (χ4n) is 1.33. The molecule has 1 aromatic heterocycles. The lowest BCUT2D eigenvalue weighted by Gasteiger charge is -2.10. The van der Waals surface area contributed by atoms with Gasteiger partial charge in [-0.05, 0) is 6.42 Å². The molecule has 1 atom stereocenters. The Balaban J connectivity index is 2.79. The van der Waals surface area contributed by atoms with Crippen LogP contribution in [0.1, 0.15) is 38.3 Å². The van der Waals surface area contributed by atoms with Gasteiger partial charge < -0.3 is 5.73 Å². The summed E-state index contributed by atoms with van der Waals surface area (Å²) in [5, 5.41) is 0. The Morgan fingerprint density at radius 1 is 1.58 bits per heavy atom. The molecule has 0 bridgehead atoms. The predicted molar refractivity (Wildman–Crippen MR) is 49.8 cm³/mol. The van der Waals surface area contributed by atoms with Gasteiger partial charge in [-0.1, -0.05) is 20.3 Å². The molecule has 0 aliphatic heterocycles. The van der Waals surface area contributed by atoms with E-state index in [1.54, 1.807) is 12.5 Å². The first-order valence-electron chi connectivity index (χ1n) is 4.31. The van der Waals surface area contributed by atoms with Crippen molar-refractivity contribution in [2.45, 2.75) is 32.6 Å². The summed E-state index contributed by atoms with van der Waals surface area (Å²) in [5.74, 6) is 0.443. The van der Waals surface area contributed by atoms with Crippen LogP contribution in [0.4, 0.5) is 5.69 Å². The number of nitrogens with two attached hydrogens (primary N) is 1. The predicted octanol–water partition coefficient (Wildman–Crippen LogP) is 1.96. The molecule has 0 aliphatic rings. The third kappa shape index (κ3) is 1.94. The van der Waals surface area contributed by atoms with E-state index in [1.807, 2.05) is 0 Å². The molecule has 1 unspecified atom stereocenters. The van der Waals surface area contributed by atoms with Gasteiger partial charge in [0.2, 0.25) is 0 Å². The van der Waals surface area contributed by atoms with Crippen LogP contribution in [-0.4, -0.2) is 9.97 Å². The van der Waals surface area contributed by atoms with E-state index in [0.717, 1.165) is 18.5 Å². The molecule has 0 spiro atoms. The van der Waals surface area contributed by atoms with E-state index in [-0.39, 0.29) is 0 Å². The molecule has 0 saturated carbocycles. The standard InChI is InChI=1S/C9H15N3/c1-3-4-7(2)9-8(10)5-11-6-12-9/h5-7H,3-4,10H2,1-2H3. The summed E-state index contributed by atoms with van der Waals surface area (Å²) in [6, 6.07) is 0. The summed E-state index contributed by atoms with van der Waals surface area (Å²) in [4.78, 5) is 8.01. The Labute approximate surface area is 73.0 Å². The van der Waals surface area contributed by atoms with Gasteiger partial charge in [0.1, 0.15) is 6.33 Å². The van der Waals surface area contributed by atoms with E-state index >= 15 is 0 Å². The normalized spacial score (nSPS) is 12.8. The topological polar surface area (TPSA) is 51.8 Å². The molecule has 2 N–H and O–H groups in total. The monoisotopic (exact) mass is 165 g/mol. The number of nitrogen functional groups attached to an aromatic ring is 1. The maximum Gasteiger partial charge on any atom is 0.115 e. The number of rotatable bonds is 3. The maximum atomic E-state index is 5.73.